The molecule has 1 unspecified atom stereocenters. The van der Waals surface area contributed by atoms with Crippen LogP contribution in [-0.2, 0) is 27.2 Å². The lowest BCUT2D eigenvalue weighted by Gasteiger charge is -2.38. The van der Waals surface area contributed by atoms with E-state index in [2.05, 4.69) is 4.98 Å². The predicted molar refractivity (Wildman–Crippen MR) is 133 cm³/mol. The Balaban J connectivity index is 1.51. The van der Waals surface area contributed by atoms with E-state index in [1.54, 1.807) is 35.2 Å². The SMILES string of the molecule is CCOC(=O)N1CCC(N2C(=O)C(=O)/C(=C(\O)c3ccc4c(c3)CCCC4)C2c2cccnc2)CC1. The van der Waals surface area contributed by atoms with Gasteiger partial charge in [-0.3, -0.25) is 14.6 Å². The van der Waals surface area contributed by atoms with Crippen molar-refractivity contribution in [3.05, 3.63) is 70.6 Å². The molecule has 1 aromatic heterocycles. The first-order valence-electron chi connectivity index (χ1n) is 12.7. The molecule has 3 heterocycles. The molecule has 1 aliphatic carbocycles. The topological polar surface area (TPSA) is 100 Å². The number of fused-ring (bicyclic) bond motifs is 1. The van der Waals surface area contributed by atoms with Gasteiger partial charge >= 0.3 is 6.09 Å². The second-order valence-electron chi connectivity index (χ2n) is 9.60. The minimum absolute atomic E-state index is 0.0941. The number of benzene rings is 1. The summed E-state index contributed by atoms with van der Waals surface area (Å²) < 4.78 is 5.11. The van der Waals surface area contributed by atoms with Gasteiger partial charge in [0.15, 0.2) is 0 Å². The number of carbonyl (C=O) groups is 3. The Morgan fingerprint density at radius 3 is 2.56 bits per heavy atom. The molecule has 8 nitrogen and oxygen atoms in total. The van der Waals surface area contributed by atoms with Crippen LogP contribution in [0.5, 0.6) is 0 Å². The minimum atomic E-state index is -0.742. The predicted octanol–water partition coefficient (Wildman–Crippen LogP) is 4.00. The third-order valence-corrected chi connectivity index (χ3v) is 7.49. The average molecular weight is 490 g/mol. The molecule has 2 amide bonds. The average Bonchev–Trinajstić information content (AvgIpc) is 3.18. The largest absolute Gasteiger partial charge is 0.507 e. The molecule has 2 saturated heterocycles. The molecule has 1 aromatic carbocycles. The number of aromatic nitrogens is 1. The molecule has 36 heavy (non-hydrogen) atoms. The van der Waals surface area contributed by atoms with E-state index in [1.165, 1.54) is 11.1 Å². The zero-order valence-corrected chi connectivity index (χ0v) is 20.5. The van der Waals surface area contributed by atoms with Gasteiger partial charge in [-0.1, -0.05) is 18.2 Å². The maximum absolute atomic E-state index is 13.4. The molecule has 8 heteroatoms. The van der Waals surface area contributed by atoms with Crippen molar-refractivity contribution in [2.45, 2.75) is 57.5 Å². The van der Waals surface area contributed by atoms with Crippen LogP contribution >= 0.6 is 0 Å². The van der Waals surface area contributed by atoms with E-state index in [1.807, 2.05) is 24.3 Å². The van der Waals surface area contributed by atoms with Crippen molar-refractivity contribution in [1.29, 1.82) is 0 Å². The summed E-state index contributed by atoms with van der Waals surface area (Å²) >= 11 is 0. The monoisotopic (exact) mass is 489 g/mol. The quantitative estimate of drug-likeness (QED) is 0.396. The Morgan fingerprint density at radius 2 is 1.86 bits per heavy atom. The fourth-order valence-corrected chi connectivity index (χ4v) is 5.67. The molecular weight excluding hydrogens is 458 g/mol. The summed E-state index contributed by atoms with van der Waals surface area (Å²) in [6, 6.07) is 8.40. The van der Waals surface area contributed by atoms with Crippen LogP contribution in [0, 0.1) is 0 Å². The van der Waals surface area contributed by atoms with Crippen molar-refractivity contribution in [1.82, 2.24) is 14.8 Å². The Morgan fingerprint density at radius 1 is 1.11 bits per heavy atom. The van der Waals surface area contributed by atoms with Gasteiger partial charge < -0.3 is 19.6 Å². The molecule has 1 N–H and O–H groups in total. The third kappa shape index (κ3) is 4.36. The van der Waals surface area contributed by atoms with Gasteiger partial charge in [0.2, 0.25) is 0 Å². The molecule has 2 aromatic rings. The number of carbonyl (C=O) groups excluding carboxylic acids is 3. The van der Waals surface area contributed by atoms with E-state index < -0.39 is 17.7 Å². The summed E-state index contributed by atoms with van der Waals surface area (Å²) in [6.07, 6.45) is 8.14. The first-order valence-corrected chi connectivity index (χ1v) is 12.7. The van der Waals surface area contributed by atoms with E-state index >= 15 is 0 Å². The summed E-state index contributed by atoms with van der Waals surface area (Å²) in [5, 5.41) is 11.4. The van der Waals surface area contributed by atoms with Crippen LogP contribution in [0.3, 0.4) is 0 Å². The summed E-state index contributed by atoms with van der Waals surface area (Å²) in [5.74, 6) is -1.47. The summed E-state index contributed by atoms with van der Waals surface area (Å²) in [5.41, 5.74) is 3.78. The smallest absolute Gasteiger partial charge is 0.409 e. The number of rotatable bonds is 4. The van der Waals surface area contributed by atoms with Crippen molar-refractivity contribution in [2.24, 2.45) is 0 Å². The number of aliphatic hydroxyl groups is 1. The van der Waals surface area contributed by atoms with Crippen LogP contribution in [0.1, 0.15) is 60.9 Å². The summed E-state index contributed by atoms with van der Waals surface area (Å²) in [6.45, 7) is 2.92. The Bertz CT molecular complexity index is 1200. The number of hydrogen-bond donors (Lipinski definition) is 1. The fourth-order valence-electron chi connectivity index (χ4n) is 5.67. The number of piperidine rings is 1. The summed E-state index contributed by atoms with van der Waals surface area (Å²) in [4.78, 5) is 46.4. The highest BCUT2D eigenvalue weighted by molar-refractivity contribution is 6.46. The second-order valence-corrected chi connectivity index (χ2v) is 9.60. The number of ether oxygens (including phenoxy) is 1. The van der Waals surface area contributed by atoms with Crippen molar-refractivity contribution < 1.29 is 24.2 Å². The van der Waals surface area contributed by atoms with Crippen molar-refractivity contribution in [3.63, 3.8) is 0 Å². The number of likely N-dealkylation sites (tertiary alicyclic amines) is 2. The van der Waals surface area contributed by atoms with E-state index in [-0.39, 0.29) is 23.5 Å². The second kappa shape index (κ2) is 10.1. The maximum Gasteiger partial charge on any atom is 0.409 e. The molecule has 1 atom stereocenters. The molecule has 188 valence electrons. The van der Waals surface area contributed by atoms with Gasteiger partial charge in [-0.15, -0.1) is 0 Å². The Hall–Kier alpha value is -3.68. The lowest BCUT2D eigenvalue weighted by Crippen LogP contribution is -2.48. The first kappa shape index (κ1) is 24.0. The Kier molecular flexibility index (Phi) is 6.76. The van der Waals surface area contributed by atoms with E-state index in [0.29, 0.717) is 43.7 Å². The molecule has 0 radical (unpaired) electrons. The van der Waals surface area contributed by atoms with E-state index in [0.717, 1.165) is 25.7 Å². The van der Waals surface area contributed by atoms with E-state index in [4.69, 9.17) is 4.74 Å². The number of aryl methyl sites for hydroxylation is 2. The number of ketones is 1. The molecule has 0 spiro atoms. The van der Waals surface area contributed by atoms with Crippen LogP contribution in [0.2, 0.25) is 0 Å². The number of hydrogen-bond acceptors (Lipinski definition) is 6. The van der Waals surface area contributed by atoms with Gasteiger partial charge in [0.25, 0.3) is 11.7 Å². The van der Waals surface area contributed by atoms with Gasteiger partial charge in [-0.05, 0) is 74.3 Å². The third-order valence-electron chi connectivity index (χ3n) is 7.49. The molecule has 2 fully saturated rings. The zero-order chi connectivity index (χ0) is 25.2. The molecule has 0 saturated carbocycles. The van der Waals surface area contributed by atoms with Gasteiger partial charge in [-0.25, -0.2) is 4.79 Å². The van der Waals surface area contributed by atoms with Crippen molar-refractivity contribution in [3.8, 4) is 0 Å². The lowest BCUT2D eigenvalue weighted by molar-refractivity contribution is -0.142. The van der Waals surface area contributed by atoms with Crippen LogP contribution in [-0.4, -0.2) is 63.4 Å². The fraction of sp³-hybridized carbons (Fsp3) is 0.429. The molecule has 3 aliphatic rings. The molecule has 0 bridgehead atoms. The first-order chi connectivity index (χ1) is 17.5. The van der Waals surface area contributed by atoms with Crippen LogP contribution in [0.25, 0.3) is 5.76 Å². The van der Waals surface area contributed by atoms with E-state index in [9.17, 15) is 19.5 Å². The lowest BCUT2D eigenvalue weighted by atomic mass is 9.88. The van der Waals surface area contributed by atoms with Gasteiger partial charge in [0, 0.05) is 37.1 Å². The molecular formula is C28H31N3O5. The maximum atomic E-state index is 13.4. The number of Topliss-reactive ketones (excluding diaryl/α,β-unsaturated/α-hetero) is 1. The molecule has 5 rings (SSSR count). The highest BCUT2D eigenvalue weighted by Crippen LogP contribution is 2.42. The number of amides is 2. The zero-order valence-electron chi connectivity index (χ0n) is 20.5. The number of pyridine rings is 1. The number of aliphatic hydroxyl groups excluding tert-OH is 1. The normalized spacial score (nSPS) is 22.0. The van der Waals surface area contributed by atoms with Crippen LogP contribution < -0.4 is 0 Å². The van der Waals surface area contributed by atoms with Crippen molar-refractivity contribution >= 4 is 23.5 Å². The highest BCUT2D eigenvalue weighted by atomic mass is 16.6. The van der Waals surface area contributed by atoms with Gasteiger partial charge in [0.1, 0.15) is 5.76 Å². The molecule has 2 aliphatic heterocycles. The number of nitrogens with zero attached hydrogens (tertiary/aromatic N) is 3. The van der Waals surface area contributed by atoms with Gasteiger partial charge in [-0.2, -0.15) is 0 Å². The van der Waals surface area contributed by atoms with Crippen molar-refractivity contribution in [2.75, 3.05) is 19.7 Å². The highest BCUT2D eigenvalue weighted by Gasteiger charge is 2.49. The Labute approximate surface area is 210 Å². The summed E-state index contributed by atoms with van der Waals surface area (Å²) in [7, 11) is 0. The van der Waals surface area contributed by atoms with Gasteiger partial charge in [0.05, 0.1) is 18.2 Å². The standard InChI is InChI=1S/C28H31N3O5/c1-2-36-28(35)30-14-11-22(12-15-30)31-24(21-8-5-13-29-17-21)23(26(33)27(31)34)25(32)20-10-9-18-6-3-4-7-19(18)16-20/h5,8-10,13,16-17,22,24,32H,2-4,6-7,11-12,14-15H2,1H3/b25-23-. The van der Waals surface area contributed by atoms with Crippen LogP contribution in [0.15, 0.2) is 48.3 Å². The van der Waals surface area contributed by atoms with Crippen LogP contribution in [0.4, 0.5) is 4.79 Å². The minimum Gasteiger partial charge on any atom is -0.507 e.